The zero-order valence-electron chi connectivity index (χ0n) is 15.8. The number of anilines is 1. The zero-order chi connectivity index (χ0) is 20.3. The summed E-state index contributed by atoms with van der Waals surface area (Å²) in [6, 6.07) is 15.4. The minimum absolute atomic E-state index is 0.154. The molecule has 0 aliphatic rings. The maximum atomic E-state index is 12.8. The number of nitrogens with one attached hydrogen (secondary N) is 1. The number of hydrogen-bond donors (Lipinski definition) is 1. The van der Waals surface area contributed by atoms with Gasteiger partial charge in [0.25, 0.3) is 5.91 Å². The van der Waals surface area contributed by atoms with Crippen LogP contribution >= 0.6 is 0 Å². The number of benzene rings is 2. The number of hydrogen-bond acceptors (Lipinski definition) is 5. The van der Waals surface area contributed by atoms with E-state index in [-0.39, 0.29) is 17.3 Å². The molecule has 0 aliphatic carbocycles. The van der Waals surface area contributed by atoms with Crippen LogP contribution in [-0.4, -0.2) is 30.8 Å². The van der Waals surface area contributed by atoms with Crippen LogP contribution in [0.2, 0.25) is 0 Å². The van der Waals surface area contributed by atoms with Crippen LogP contribution in [0.4, 0.5) is 5.69 Å². The molecule has 0 aliphatic heterocycles. The normalized spacial score (nSPS) is 11.6. The van der Waals surface area contributed by atoms with Gasteiger partial charge in [0.2, 0.25) is 10.0 Å². The molecule has 0 radical (unpaired) electrons. The maximum absolute atomic E-state index is 12.8. The van der Waals surface area contributed by atoms with Gasteiger partial charge in [-0.05, 0) is 43.7 Å². The lowest BCUT2D eigenvalue weighted by molar-refractivity contribution is 0.102. The van der Waals surface area contributed by atoms with E-state index in [0.29, 0.717) is 22.7 Å². The number of sulfonamides is 1. The van der Waals surface area contributed by atoms with Crippen molar-refractivity contribution in [1.82, 2.24) is 9.46 Å². The summed E-state index contributed by atoms with van der Waals surface area (Å²) in [7, 11) is -2.11. The van der Waals surface area contributed by atoms with Gasteiger partial charge in [-0.2, -0.15) is 4.31 Å². The number of nitrogens with zero attached hydrogens (tertiary/aromatic N) is 2. The van der Waals surface area contributed by atoms with Crippen LogP contribution < -0.4 is 5.32 Å². The van der Waals surface area contributed by atoms with Gasteiger partial charge in [-0.3, -0.25) is 4.79 Å². The van der Waals surface area contributed by atoms with Crippen LogP contribution in [0.1, 0.15) is 27.4 Å². The van der Waals surface area contributed by atoms with Crippen LogP contribution in [0, 0.1) is 13.8 Å². The molecule has 0 fully saturated rings. The Bertz CT molecular complexity index is 1050. The molecule has 0 spiro atoms. The molecule has 3 rings (SSSR count). The SMILES string of the molecule is Cc1noc(C)c1C(=O)Nc1ccc(S(=O)(=O)N(C)Cc2ccccc2)cc1. The molecule has 7 nitrogen and oxygen atoms in total. The van der Waals surface area contributed by atoms with Crippen LogP contribution in [0.3, 0.4) is 0 Å². The van der Waals surface area contributed by atoms with Crippen LogP contribution in [0.15, 0.2) is 64.0 Å². The largest absolute Gasteiger partial charge is 0.361 e. The molecular formula is C20H21N3O4S. The molecule has 28 heavy (non-hydrogen) atoms. The van der Waals surface area contributed by atoms with Gasteiger partial charge in [0.05, 0.1) is 10.6 Å². The summed E-state index contributed by atoms with van der Waals surface area (Å²) >= 11 is 0. The number of amides is 1. The highest BCUT2D eigenvalue weighted by molar-refractivity contribution is 7.89. The lowest BCUT2D eigenvalue weighted by Crippen LogP contribution is -2.26. The average molecular weight is 399 g/mol. The van der Waals surface area contributed by atoms with E-state index in [9.17, 15) is 13.2 Å². The van der Waals surface area contributed by atoms with E-state index in [1.807, 2.05) is 30.3 Å². The Labute approximate surface area is 164 Å². The fourth-order valence-corrected chi connectivity index (χ4v) is 3.98. The van der Waals surface area contributed by atoms with E-state index < -0.39 is 10.0 Å². The van der Waals surface area contributed by atoms with Gasteiger partial charge in [-0.15, -0.1) is 0 Å². The van der Waals surface area contributed by atoms with E-state index in [1.54, 1.807) is 26.0 Å². The Morgan fingerprint density at radius 3 is 2.29 bits per heavy atom. The molecule has 1 amide bonds. The highest BCUT2D eigenvalue weighted by Gasteiger charge is 2.21. The summed E-state index contributed by atoms with van der Waals surface area (Å²) in [4.78, 5) is 12.5. The molecule has 1 N–H and O–H groups in total. The second kappa shape index (κ2) is 7.95. The Morgan fingerprint density at radius 2 is 1.71 bits per heavy atom. The number of rotatable bonds is 6. The second-order valence-electron chi connectivity index (χ2n) is 6.42. The third-order valence-corrected chi connectivity index (χ3v) is 6.15. The van der Waals surface area contributed by atoms with Gasteiger partial charge in [0, 0.05) is 19.3 Å². The Balaban J connectivity index is 1.73. The standard InChI is InChI=1S/C20H21N3O4S/c1-14-19(15(2)27-22-14)20(24)21-17-9-11-18(12-10-17)28(25,26)23(3)13-16-7-5-4-6-8-16/h4-12H,13H2,1-3H3,(H,21,24). The van der Waals surface area contributed by atoms with Crippen molar-refractivity contribution >= 4 is 21.6 Å². The molecule has 0 unspecified atom stereocenters. The van der Waals surface area contributed by atoms with Crippen molar-refractivity contribution in [1.29, 1.82) is 0 Å². The number of aryl methyl sites for hydroxylation is 2. The molecule has 0 bridgehead atoms. The third-order valence-electron chi connectivity index (χ3n) is 4.33. The Hall–Kier alpha value is -2.97. The first-order chi connectivity index (χ1) is 13.3. The topological polar surface area (TPSA) is 92.5 Å². The van der Waals surface area contributed by atoms with E-state index in [2.05, 4.69) is 10.5 Å². The first-order valence-corrected chi connectivity index (χ1v) is 10.1. The average Bonchev–Trinajstić information content (AvgIpc) is 3.01. The molecule has 146 valence electrons. The van der Waals surface area contributed by atoms with Gasteiger partial charge in [0.15, 0.2) is 0 Å². The van der Waals surface area contributed by atoms with E-state index >= 15 is 0 Å². The molecule has 1 aromatic heterocycles. The van der Waals surface area contributed by atoms with Crippen LogP contribution in [-0.2, 0) is 16.6 Å². The minimum Gasteiger partial charge on any atom is -0.361 e. The van der Waals surface area contributed by atoms with Gasteiger partial charge in [-0.1, -0.05) is 35.5 Å². The molecule has 3 aromatic rings. The highest BCUT2D eigenvalue weighted by atomic mass is 32.2. The van der Waals surface area contributed by atoms with Crippen molar-refractivity contribution < 1.29 is 17.7 Å². The van der Waals surface area contributed by atoms with Crippen LogP contribution in [0.25, 0.3) is 0 Å². The van der Waals surface area contributed by atoms with Crippen molar-refractivity contribution in [3.63, 3.8) is 0 Å². The Morgan fingerprint density at radius 1 is 1.07 bits per heavy atom. The van der Waals surface area contributed by atoms with Crippen molar-refractivity contribution in [2.45, 2.75) is 25.3 Å². The van der Waals surface area contributed by atoms with Crippen LogP contribution in [0.5, 0.6) is 0 Å². The molecule has 0 saturated heterocycles. The van der Waals surface area contributed by atoms with Gasteiger partial charge in [0.1, 0.15) is 11.3 Å². The zero-order valence-corrected chi connectivity index (χ0v) is 16.7. The maximum Gasteiger partial charge on any atom is 0.261 e. The van der Waals surface area contributed by atoms with Crippen molar-refractivity contribution in [3.05, 3.63) is 77.2 Å². The van der Waals surface area contributed by atoms with Crippen molar-refractivity contribution in [2.24, 2.45) is 0 Å². The predicted molar refractivity (Wildman–Crippen MR) is 105 cm³/mol. The molecule has 0 atom stereocenters. The summed E-state index contributed by atoms with van der Waals surface area (Å²) in [6.45, 7) is 3.62. The van der Waals surface area contributed by atoms with E-state index in [4.69, 9.17) is 4.52 Å². The summed E-state index contributed by atoms with van der Waals surface area (Å²) < 4.78 is 31.8. The summed E-state index contributed by atoms with van der Waals surface area (Å²) in [5.41, 5.74) is 2.25. The summed E-state index contributed by atoms with van der Waals surface area (Å²) in [6.07, 6.45) is 0. The number of carbonyl (C=O) groups excluding carboxylic acids is 1. The Kier molecular flexibility index (Phi) is 5.62. The molecule has 8 heteroatoms. The monoisotopic (exact) mass is 399 g/mol. The van der Waals surface area contributed by atoms with Crippen molar-refractivity contribution in [3.8, 4) is 0 Å². The van der Waals surface area contributed by atoms with Gasteiger partial charge in [-0.25, -0.2) is 8.42 Å². The predicted octanol–water partition coefficient (Wildman–Crippen LogP) is 3.36. The highest BCUT2D eigenvalue weighted by Crippen LogP contribution is 2.20. The number of carbonyl (C=O) groups is 1. The second-order valence-corrected chi connectivity index (χ2v) is 8.47. The fraction of sp³-hybridized carbons (Fsp3) is 0.200. The third kappa shape index (κ3) is 4.13. The minimum atomic E-state index is -3.64. The first kappa shape index (κ1) is 19.8. The van der Waals surface area contributed by atoms with E-state index in [0.717, 1.165) is 5.56 Å². The molecule has 2 aromatic carbocycles. The molecule has 1 heterocycles. The van der Waals surface area contributed by atoms with E-state index in [1.165, 1.54) is 23.5 Å². The molecule has 0 saturated carbocycles. The smallest absolute Gasteiger partial charge is 0.261 e. The van der Waals surface area contributed by atoms with Gasteiger partial charge >= 0.3 is 0 Å². The summed E-state index contributed by atoms with van der Waals surface area (Å²) in [5.74, 6) is 0.0739. The first-order valence-electron chi connectivity index (χ1n) is 8.63. The summed E-state index contributed by atoms with van der Waals surface area (Å²) in [5, 5.41) is 6.48. The number of aromatic nitrogens is 1. The fourth-order valence-electron chi connectivity index (χ4n) is 2.82. The lowest BCUT2D eigenvalue weighted by Gasteiger charge is -2.17. The van der Waals surface area contributed by atoms with Crippen molar-refractivity contribution in [2.75, 3.05) is 12.4 Å². The molecular weight excluding hydrogens is 378 g/mol. The quantitative estimate of drug-likeness (QED) is 0.686. The van der Waals surface area contributed by atoms with Gasteiger partial charge < -0.3 is 9.84 Å². The lowest BCUT2D eigenvalue weighted by atomic mass is 10.2.